The molecule has 0 aromatic rings. The third-order valence-corrected chi connectivity index (χ3v) is 4.75. The highest BCUT2D eigenvalue weighted by Crippen LogP contribution is 2.25. The van der Waals surface area contributed by atoms with Gasteiger partial charge < -0.3 is 10.1 Å². The minimum absolute atomic E-state index is 0.392. The van der Waals surface area contributed by atoms with E-state index in [0.29, 0.717) is 18.2 Å². The van der Waals surface area contributed by atoms with Crippen molar-refractivity contribution in [2.24, 2.45) is 0 Å². The molecule has 2 heterocycles. The van der Waals surface area contributed by atoms with E-state index in [2.05, 4.69) is 23.7 Å². The van der Waals surface area contributed by atoms with Crippen LogP contribution in [0.15, 0.2) is 12.7 Å². The van der Waals surface area contributed by atoms with Gasteiger partial charge in [-0.2, -0.15) is 0 Å². The maximum Gasteiger partial charge on any atom is 0.0855 e. The van der Waals surface area contributed by atoms with Crippen LogP contribution >= 0.6 is 0 Å². The predicted molar refractivity (Wildman–Crippen MR) is 85.1 cm³/mol. The van der Waals surface area contributed by atoms with Gasteiger partial charge in [0.2, 0.25) is 0 Å². The highest BCUT2D eigenvalue weighted by Gasteiger charge is 2.35. The predicted octanol–water partition coefficient (Wildman–Crippen LogP) is 2.96. The zero-order valence-electron chi connectivity index (χ0n) is 13.2. The summed E-state index contributed by atoms with van der Waals surface area (Å²) < 4.78 is 6.16. The number of likely N-dealkylation sites (N-methyl/N-ethyl adjacent to an activating group) is 1. The average Bonchev–Trinajstić information content (AvgIpc) is 2.93. The molecule has 3 atom stereocenters. The number of unbranched alkanes of at least 4 members (excludes halogenated alkanes) is 3. The molecule has 2 aliphatic rings. The fourth-order valence-electron chi connectivity index (χ4n) is 3.60. The molecule has 0 aliphatic carbocycles. The molecule has 116 valence electrons. The van der Waals surface area contributed by atoms with E-state index in [-0.39, 0.29) is 0 Å². The van der Waals surface area contributed by atoms with E-state index in [0.717, 1.165) is 26.1 Å². The van der Waals surface area contributed by atoms with Crippen LogP contribution in [0.25, 0.3) is 0 Å². The first-order chi connectivity index (χ1) is 9.85. The minimum atomic E-state index is 0.392. The molecule has 0 bridgehead atoms. The number of nitrogens with one attached hydrogen (secondary N) is 1. The van der Waals surface area contributed by atoms with Gasteiger partial charge in [-0.3, -0.25) is 4.90 Å². The molecule has 20 heavy (non-hydrogen) atoms. The lowest BCUT2D eigenvalue weighted by molar-refractivity contribution is -0.0656. The van der Waals surface area contributed by atoms with E-state index in [4.69, 9.17) is 4.74 Å². The lowest BCUT2D eigenvalue weighted by atomic mass is 10.0. The van der Waals surface area contributed by atoms with Crippen molar-refractivity contribution in [2.45, 2.75) is 70.1 Å². The molecule has 1 N–H and O–H groups in total. The molecule has 0 spiro atoms. The van der Waals surface area contributed by atoms with Gasteiger partial charge in [-0.25, -0.2) is 0 Å². The van der Waals surface area contributed by atoms with Crippen LogP contribution in [-0.2, 0) is 4.74 Å². The molecule has 2 saturated heterocycles. The second kappa shape index (κ2) is 8.81. The molecule has 2 aliphatic heterocycles. The normalized spacial score (nSPS) is 28.2. The molecule has 0 aromatic heterocycles. The van der Waals surface area contributed by atoms with Crippen LogP contribution in [0.3, 0.4) is 0 Å². The summed E-state index contributed by atoms with van der Waals surface area (Å²) in [6.45, 7) is 10.4. The van der Waals surface area contributed by atoms with Gasteiger partial charge in [0, 0.05) is 18.6 Å². The maximum atomic E-state index is 6.16. The Morgan fingerprint density at radius 3 is 3.10 bits per heavy atom. The summed E-state index contributed by atoms with van der Waals surface area (Å²) in [7, 11) is 0. The molecule has 3 unspecified atom stereocenters. The van der Waals surface area contributed by atoms with Crippen molar-refractivity contribution < 1.29 is 4.74 Å². The lowest BCUT2D eigenvalue weighted by Gasteiger charge is -2.39. The molecule has 2 rings (SSSR count). The van der Waals surface area contributed by atoms with Gasteiger partial charge in [0.05, 0.1) is 12.7 Å². The van der Waals surface area contributed by atoms with E-state index in [9.17, 15) is 0 Å². The van der Waals surface area contributed by atoms with E-state index < -0.39 is 0 Å². The third-order valence-electron chi connectivity index (χ3n) is 4.75. The summed E-state index contributed by atoms with van der Waals surface area (Å²) in [5, 5.41) is 3.65. The third kappa shape index (κ3) is 4.57. The number of hydrogen-bond acceptors (Lipinski definition) is 3. The van der Waals surface area contributed by atoms with Gasteiger partial charge in [-0.05, 0) is 45.2 Å². The number of fused-ring (bicyclic) bond motifs is 1. The quantitative estimate of drug-likeness (QED) is 0.519. The van der Waals surface area contributed by atoms with Crippen LogP contribution in [-0.4, -0.2) is 49.3 Å². The molecule has 0 saturated carbocycles. The average molecular weight is 280 g/mol. The molecule has 3 nitrogen and oxygen atoms in total. The van der Waals surface area contributed by atoms with Crippen LogP contribution in [0.4, 0.5) is 0 Å². The standard InChI is InChI=1S/C17H32N2O/c1-3-5-6-7-8-11-16(18-4-2)17-13-19-12-9-10-15(19)14-20-17/h3,15-18H,1,4-14H2,2H3. The molecule has 2 fully saturated rings. The number of morpholine rings is 1. The summed E-state index contributed by atoms with van der Waals surface area (Å²) in [6, 6.07) is 1.24. The summed E-state index contributed by atoms with van der Waals surface area (Å²) >= 11 is 0. The zero-order chi connectivity index (χ0) is 14.2. The Kier molecular flexibility index (Phi) is 7.05. The Morgan fingerprint density at radius 2 is 2.30 bits per heavy atom. The number of nitrogens with zero attached hydrogens (tertiary/aromatic N) is 1. The van der Waals surface area contributed by atoms with E-state index in [1.54, 1.807) is 0 Å². The topological polar surface area (TPSA) is 24.5 Å². The molecule has 3 heteroatoms. The van der Waals surface area contributed by atoms with Crippen LogP contribution in [0.2, 0.25) is 0 Å². The van der Waals surface area contributed by atoms with Gasteiger partial charge in [-0.15, -0.1) is 6.58 Å². The first-order valence-corrected chi connectivity index (χ1v) is 8.55. The van der Waals surface area contributed by atoms with Gasteiger partial charge in [0.25, 0.3) is 0 Å². The summed E-state index contributed by atoms with van der Waals surface area (Å²) in [5.74, 6) is 0. The van der Waals surface area contributed by atoms with Gasteiger partial charge in [0.15, 0.2) is 0 Å². The maximum absolute atomic E-state index is 6.16. The molecule has 0 amide bonds. The van der Waals surface area contributed by atoms with Gasteiger partial charge in [-0.1, -0.05) is 25.8 Å². The molecule has 0 radical (unpaired) electrons. The smallest absolute Gasteiger partial charge is 0.0855 e. The van der Waals surface area contributed by atoms with E-state index in [1.165, 1.54) is 45.1 Å². The SMILES string of the molecule is C=CCCCCCC(NCC)C1CN2CCCC2CO1. The van der Waals surface area contributed by atoms with Gasteiger partial charge >= 0.3 is 0 Å². The Bertz CT molecular complexity index is 282. The van der Waals surface area contributed by atoms with Crippen LogP contribution in [0, 0.1) is 0 Å². The largest absolute Gasteiger partial charge is 0.374 e. The Labute approximate surface area is 124 Å². The molecular weight excluding hydrogens is 248 g/mol. The number of hydrogen-bond donors (Lipinski definition) is 1. The Balaban J connectivity index is 1.74. The molecular formula is C17H32N2O. The summed E-state index contributed by atoms with van der Waals surface area (Å²) in [4.78, 5) is 2.65. The van der Waals surface area contributed by atoms with Crippen LogP contribution < -0.4 is 5.32 Å². The van der Waals surface area contributed by atoms with Crippen molar-refractivity contribution in [3.63, 3.8) is 0 Å². The van der Waals surface area contributed by atoms with E-state index in [1.807, 2.05) is 6.08 Å². The monoisotopic (exact) mass is 280 g/mol. The van der Waals surface area contributed by atoms with Crippen LogP contribution in [0.1, 0.15) is 51.9 Å². The van der Waals surface area contributed by atoms with Crippen molar-refractivity contribution in [1.82, 2.24) is 10.2 Å². The number of rotatable bonds is 9. The van der Waals surface area contributed by atoms with Crippen LogP contribution in [0.5, 0.6) is 0 Å². The highest BCUT2D eigenvalue weighted by molar-refractivity contribution is 4.90. The van der Waals surface area contributed by atoms with Crippen molar-refractivity contribution in [2.75, 3.05) is 26.2 Å². The highest BCUT2D eigenvalue weighted by atomic mass is 16.5. The first kappa shape index (κ1) is 16.0. The summed E-state index contributed by atoms with van der Waals surface area (Å²) in [5.41, 5.74) is 0. The Hall–Kier alpha value is -0.380. The fourth-order valence-corrected chi connectivity index (χ4v) is 3.60. The van der Waals surface area contributed by atoms with Crippen molar-refractivity contribution in [1.29, 1.82) is 0 Å². The fraction of sp³-hybridized carbons (Fsp3) is 0.882. The second-order valence-electron chi connectivity index (χ2n) is 6.25. The van der Waals surface area contributed by atoms with Crippen molar-refractivity contribution in [3.8, 4) is 0 Å². The number of allylic oxidation sites excluding steroid dienone is 1. The minimum Gasteiger partial charge on any atom is -0.374 e. The van der Waals surface area contributed by atoms with Crippen molar-refractivity contribution in [3.05, 3.63) is 12.7 Å². The van der Waals surface area contributed by atoms with Gasteiger partial charge in [0.1, 0.15) is 0 Å². The number of ether oxygens (including phenoxy) is 1. The second-order valence-corrected chi connectivity index (χ2v) is 6.25. The van der Waals surface area contributed by atoms with E-state index >= 15 is 0 Å². The lowest BCUT2D eigenvalue weighted by Crippen LogP contribution is -2.54. The van der Waals surface area contributed by atoms with Crippen molar-refractivity contribution >= 4 is 0 Å². The molecule has 0 aromatic carbocycles. The zero-order valence-corrected chi connectivity index (χ0v) is 13.2. The first-order valence-electron chi connectivity index (χ1n) is 8.55. The Morgan fingerprint density at radius 1 is 1.40 bits per heavy atom. The summed E-state index contributed by atoms with van der Waals surface area (Å²) in [6.07, 6.45) is 11.4.